The Morgan fingerprint density at radius 3 is 2.53 bits per heavy atom. The van der Waals surface area contributed by atoms with Crippen molar-refractivity contribution in [3.8, 4) is 0 Å². The van der Waals surface area contributed by atoms with Crippen LogP contribution in [0, 0.1) is 6.92 Å². The smallest absolute Gasteiger partial charge is 0.329 e. The molecule has 1 aromatic rings. The van der Waals surface area contributed by atoms with Gasteiger partial charge >= 0.3 is 5.97 Å². The van der Waals surface area contributed by atoms with Crippen molar-refractivity contribution in [3.05, 3.63) is 20.3 Å². The minimum absolute atomic E-state index is 0.300. The number of aliphatic carboxylic acids is 1. The van der Waals surface area contributed by atoms with Gasteiger partial charge in [0, 0.05) is 0 Å². The lowest BCUT2D eigenvalue weighted by atomic mass is 9.77. The normalized spacial score (nSPS) is 17.3. The molecule has 1 fully saturated rings. The molecule has 0 atom stereocenters. The lowest BCUT2D eigenvalue weighted by molar-refractivity contribution is -0.148. The molecule has 4 nitrogen and oxygen atoms in total. The van der Waals surface area contributed by atoms with Gasteiger partial charge in [-0.05, 0) is 53.7 Å². The number of hydrogen-bond acceptors (Lipinski definition) is 3. The van der Waals surface area contributed by atoms with Crippen LogP contribution in [0.25, 0.3) is 0 Å². The molecule has 1 saturated carbocycles. The highest BCUT2D eigenvalue weighted by molar-refractivity contribution is 9.11. The summed E-state index contributed by atoms with van der Waals surface area (Å²) in [5.74, 6) is -1.24. The zero-order valence-electron chi connectivity index (χ0n) is 9.25. The molecule has 1 heterocycles. The molecule has 1 aliphatic rings. The van der Waals surface area contributed by atoms with Crippen LogP contribution in [0.15, 0.2) is 9.85 Å². The van der Waals surface area contributed by atoms with E-state index in [9.17, 15) is 9.59 Å². The van der Waals surface area contributed by atoms with Gasteiger partial charge in [0.15, 0.2) is 0 Å². The maximum Gasteiger partial charge on any atom is 0.329 e. The minimum atomic E-state index is -1.04. The molecule has 0 aliphatic heterocycles. The Morgan fingerprint density at radius 1 is 1.53 bits per heavy atom. The number of amides is 1. The van der Waals surface area contributed by atoms with Gasteiger partial charge in [0.1, 0.15) is 5.54 Å². The molecule has 1 aromatic heterocycles. The molecule has 0 radical (unpaired) electrons. The first kappa shape index (κ1) is 12.6. The fourth-order valence-electron chi connectivity index (χ4n) is 1.77. The van der Waals surface area contributed by atoms with Crippen molar-refractivity contribution in [2.45, 2.75) is 31.7 Å². The summed E-state index contributed by atoms with van der Waals surface area (Å²) in [5, 5.41) is 11.8. The molecule has 0 saturated heterocycles. The van der Waals surface area contributed by atoms with Crippen LogP contribution in [-0.4, -0.2) is 22.5 Å². The van der Waals surface area contributed by atoms with E-state index in [0.717, 1.165) is 15.8 Å². The summed E-state index contributed by atoms with van der Waals surface area (Å²) in [7, 11) is 0. The van der Waals surface area contributed by atoms with Gasteiger partial charge < -0.3 is 10.4 Å². The second-order valence-electron chi connectivity index (χ2n) is 4.26. The van der Waals surface area contributed by atoms with Crippen molar-refractivity contribution in [1.82, 2.24) is 5.32 Å². The van der Waals surface area contributed by atoms with Gasteiger partial charge in [0.25, 0.3) is 5.91 Å². The Labute approximate surface area is 111 Å². The first-order valence-corrected chi connectivity index (χ1v) is 6.87. The van der Waals surface area contributed by atoms with Crippen LogP contribution in [0.5, 0.6) is 0 Å². The van der Waals surface area contributed by atoms with Gasteiger partial charge in [-0.1, -0.05) is 0 Å². The fraction of sp³-hybridized carbons (Fsp3) is 0.455. The zero-order chi connectivity index (χ0) is 12.6. The lowest BCUT2D eigenvalue weighted by Gasteiger charge is -2.38. The SMILES string of the molecule is Cc1cc(C(=O)NC2(C(=O)O)CCC2)sc1Br. The molecule has 0 spiro atoms. The third kappa shape index (κ3) is 2.24. The van der Waals surface area contributed by atoms with E-state index in [2.05, 4.69) is 21.2 Å². The molecule has 0 bridgehead atoms. The van der Waals surface area contributed by atoms with Crippen LogP contribution >= 0.6 is 27.3 Å². The van der Waals surface area contributed by atoms with E-state index in [1.54, 1.807) is 6.07 Å². The number of carbonyl (C=O) groups excluding carboxylic acids is 1. The van der Waals surface area contributed by atoms with Crippen LogP contribution in [-0.2, 0) is 4.79 Å². The summed E-state index contributed by atoms with van der Waals surface area (Å²) >= 11 is 4.67. The highest BCUT2D eigenvalue weighted by atomic mass is 79.9. The van der Waals surface area contributed by atoms with Gasteiger partial charge in [-0.3, -0.25) is 4.79 Å². The number of carboxylic acids is 1. The van der Waals surface area contributed by atoms with Crippen molar-refractivity contribution in [2.24, 2.45) is 0 Å². The van der Waals surface area contributed by atoms with Crippen molar-refractivity contribution in [3.63, 3.8) is 0 Å². The first-order chi connectivity index (χ1) is 7.94. The molecule has 0 aromatic carbocycles. The van der Waals surface area contributed by atoms with Gasteiger partial charge in [-0.25, -0.2) is 4.79 Å². The first-order valence-electron chi connectivity index (χ1n) is 5.26. The molecule has 6 heteroatoms. The molecule has 2 rings (SSSR count). The van der Waals surface area contributed by atoms with Crippen molar-refractivity contribution in [1.29, 1.82) is 0 Å². The van der Waals surface area contributed by atoms with Crippen molar-refractivity contribution < 1.29 is 14.7 Å². The van der Waals surface area contributed by atoms with Crippen LogP contribution in [0.4, 0.5) is 0 Å². The van der Waals surface area contributed by atoms with E-state index in [1.807, 2.05) is 6.92 Å². The number of carboxylic acid groups (broad SMARTS) is 1. The highest BCUT2D eigenvalue weighted by Crippen LogP contribution is 2.33. The average molecular weight is 318 g/mol. The highest BCUT2D eigenvalue weighted by Gasteiger charge is 2.45. The lowest BCUT2D eigenvalue weighted by Crippen LogP contribution is -2.59. The van der Waals surface area contributed by atoms with E-state index in [4.69, 9.17) is 5.11 Å². The number of nitrogens with one attached hydrogen (secondary N) is 1. The third-order valence-electron chi connectivity index (χ3n) is 3.05. The van der Waals surface area contributed by atoms with E-state index < -0.39 is 11.5 Å². The molecule has 92 valence electrons. The summed E-state index contributed by atoms with van der Waals surface area (Å²) < 4.78 is 0.903. The molecular formula is C11H12BrNO3S. The monoisotopic (exact) mass is 317 g/mol. The zero-order valence-corrected chi connectivity index (χ0v) is 11.7. The van der Waals surface area contributed by atoms with Crippen LogP contribution in [0.3, 0.4) is 0 Å². The standard InChI is InChI=1S/C11H12BrNO3S/c1-6-5-7(17-8(6)12)9(14)13-11(10(15)16)3-2-4-11/h5H,2-4H2,1H3,(H,13,14)(H,15,16). The Bertz CT molecular complexity index is 460. The van der Waals surface area contributed by atoms with Gasteiger partial charge in [-0.15, -0.1) is 11.3 Å². The summed E-state index contributed by atoms with van der Waals surface area (Å²) in [4.78, 5) is 23.6. The number of rotatable bonds is 3. The van der Waals surface area contributed by atoms with Crippen molar-refractivity contribution >= 4 is 39.1 Å². The van der Waals surface area contributed by atoms with E-state index in [-0.39, 0.29) is 5.91 Å². The molecular weight excluding hydrogens is 306 g/mol. The Hall–Kier alpha value is -0.880. The molecule has 17 heavy (non-hydrogen) atoms. The van der Waals surface area contributed by atoms with E-state index in [0.29, 0.717) is 17.7 Å². The Morgan fingerprint density at radius 2 is 2.18 bits per heavy atom. The molecule has 2 N–H and O–H groups in total. The minimum Gasteiger partial charge on any atom is -0.480 e. The molecule has 0 unspecified atom stereocenters. The predicted octanol–water partition coefficient (Wildman–Crippen LogP) is 2.56. The topological polar surface area (TPSA) is 66.4 Å². The largest absolute Gasteiger partial charge is 0.480 e. The second kappa shape index (κ2) is 4.42. The fourth-order valence-corrected chi connectivity index (χ4v) is 3.20. The third-order valence-corrected chi connectivity index (χ3v) is 5.19. The van der Waals surface area contributed by atoms with Gasteiger partial charge in [0.05, 0.1) is 8.66 Å². The quantitative estimate of drug-likeness (QED) is 0.900. The molecule has 1 aliphatic carbocycles. The summed E-state index contributed by atoms with van der Waals surface area (Å²) in [6.45, 7) is 1.90. The van der Waals surface area contributed by atoms with Gasteiger partial charge in [0.2, 0.25) is 0 Å². The predicted molar refractivity (Wildman–Crippen MR) is 68.4 cm³/mol. The Balaban J connectivity index is 2.14. The molecule has 1 amide bonds. The van der Waals surface area contributed by atoms with Gasteiger partial charge in [-0.2, -0.15) is 0 Å². The number of thiophene rings is 1. The van der Waals surface area contributed by atoms with Crippen molar-refractivity contribution in [2.75, 3.05) is 0 Å². The number of aryl methyl sites for hydroxylation is 1. The second-order valence-corrected chi connectivity index (χ2v) is 6.63. The summed E-state index contributed by atoms with van der Waals surface area (Å²) in [6, 6.07) is 1.76. The maximum absolute atomic E-state index is 11.9. The summed E-state index contributed by atoms with van der Waals surface area (Å²) in [5.41, 5.74) is -0.0558. The maximum atomic E-state index is 11.9. The average Bonchev–Trinajstić information content (AvgIpc) is 2.52. The van der Waals surface area contributed by atoms with Crippen LogP contribution in [0.1, 0.15) is 34.5 Å². The number of halogens is 1. The summed E-state index contributed by atoms with van der Waals surface area (Å²) in [6.07, 6.45) is 1.87. The van der Waals surface area contributed by atoms with Crippen LogP contribution in [0.2, 0.25) is 0 Å². The Kier molecular flexibility index (Phi) is 3.27. The van der Waals surface area contributed by atoms with Crippen LogP contribution < -0.4 is 5.32 Å². The number of carbonyl (C=O) groups is 2. The van der Waals surface area contributed by atoms with E-state index in [1.165, 1.54) is 11.3 Å². The number of hydrogen-bond donors (Lipinski definition) is 2. The van der Waals surface area contributed by atoms with E-state index >= 15 is 0 Å².